The molecule has 2 heterocycles. The lowest BCUT2D eigenvalue weighted by molar-refractivity contribution is 0.332. The Morgan fingerprint density at radius 1 is 0.377 bits per heavy atom. The molecule has 69 heavy (non-hydrogen) atoms. The molecule has 0 fully saturated rings. The number of fused-ring (bicyclic) bond motifs is 6. The fourth-order valence-corrected chi connectivity index (χ4v) is 12.6. The summed E-state index contributed by atoms with van der Waals surface area (Å²) in [7, 11) is 0. The maximum Gasteiger partial charge on any atom is 0.252 e. The van der Waals surface area contributed by atoms with Crippen LogP contribution in [0.15, 0.2) is 140 Å². The lowest BCUT2D eigenvalue weighted by Crippen LogP contribution is -2.62. The van der Waals surface area contributed by atoms with Crippen LogP contribution in [0.4, 0.5) is 34.1 Å². The van der Waals surface area contributed by atoms with Gasteiger partial charge in [-0.2, -0.15) is 0 Å². The highest BCUT2D eigenvalue weighted by Crippen LogP contribution is 2.54. The van der Waals surface area contributed by atoms with Crippen molar-refractivity contribution in [3.05, 3.63) is 173 Å². The molecule has 0 N–H and O–H groups in total. The van der Waals surface area contributed by atoms with Gasteiger partial charge in [-0.15, -0.1) is 0 Å². The minimum Gasteiger partial charge on any atom is -0.311 e. The molecule has 0 atom stereocenters. The number of benzene rings is 7. The molecule has 0 radical (unpaired) electrons. The molecule has 4 aliphatic rings. The zero-order valence-electron chi connectivity index (χ0n) is 44.1. The summed E-state index contributed by atoms with van der Waals surface area (Å²) in [6.45, 7) is 34.0. The minimum absolute atomic E-state index is 0.0134. The second-order valence-corrected chi connectivity index (χ2v) is 26.0. The second-order valence-electron chi connectivity index (χ2n) is 26.0. The van der Waals surface area contributed by atoms with E-state index in [4.69, 9.17) is 0 Å². The topological polar surface area (TPSA) is 6.48 Å². The summed E-state index contributed by atoms with van der Waals surface area (Å²) in [5.74, 6) is 0. The zero-order valence-corrected chi connectivity index (χ0v) is 44.1. The summed E-state index contributed by atoms with van der Waals surface area (Å²) in [4.78, 5) is 5.40. The fourth-order valence-electron chi connectivity index (χ4n) is 12.6. The van der Waals surface area contributed by atoms with Crippen LogP contribution in [0, 0.1) is 0 Å². The van der Waals surface area contributed by atoms with E-state index in [1.807, 2.05) is 0 Å². The molecular weight excluding hydrogens is 832 g/mol. The van der Waals surface area contributed by atoms with E-state index >= 15 is 0 Å². The molecule has 0 saturated carbocycles. The molecule has 0 amide bonds. The van der Waals surface area contributed by atoms with Gasteiger partial charge in [-0.25, -0.2) is 0 Å². The molecule has 0 unspecified atom stereocenters. The third-order valence-corrected chi connectivity index (χ3v) is 17.3. The van der Waals surface area contributed by atoms with Gasteiger partial charge in [-0.05, 0) is 173 Å². The van der Waals surface area contributed by atoms with E-state index in [0.29, 0.717) is 0 Å². The van der Waals surface area contributed by atoms with Crippen LogP contribution in [-0.2, 0) is 32.5 Å². The Morgan fingerprint density at radius 3 is 1.49 bits per heavy atom. The van der Waals surface area contributed by atoms with E-state index in [1.165, 1.54) is 132 Å². The van der Waals surface area contributed by atoms with Gasteiger partial charge in [0.15, 0.2) is 0 Å². The lowest BCUT2D eigenvalue weighted by atomic mass is 9.33. The van der Waals surface area contributed by atoms with Gasteiger partial charge in [0.25, 0.3) is 6.71 Å². The normalized spacial score (nSPS) is 18.1. The van der Waals surface area contributed by atoms with Crippen LogP contribution in [-0.4, -0.2) is 6.71 Å². The van der Waals surface area contributed by atoms with Crippen molar-refractivity contribution in [1.29, 1.82) is 0 Å². The molecule has 2 aliphatic heterocycles. The Morgan fingerprint density at radius 2 is 0.899 bits per heavy atom. The highest BCUT2D eigenvalue weighted by atomic mass is 15.2. The van der Waals surface area contributed by atoms with E-state index in [-0.39, 0.29) is 39.2 Å². The summed E-state index contributed by atoms with van der Waals surface area (Å²) in [6.07, 6.45) is 4.71. The number of hydrogen-bond donors (Lipinski definition) is 0. The summed E-state index contributed by atoms with van der Waals surface area (Å²) < 4.78 is 0. The molecule has 0 aromatic heterocycles. The highest BCUT2D eigenvalue weighted by Gasteiger charge is 2.48. The lowest BCUT2D eigenvalue weighted by Gasteiger charge is -2.48. The van der Waals surface area contributed by atoms with Crippen molar-refractivity contribution >= 4 is 57.2 Å². The van der Waals surface area contributed by atoms with E-state index in [0.717, 1.165) is 0 Å². The first-order valence-electron chi connectivity index (χ1n) is 26.0. The van der Waals surface area contributed by atoms with Gasteiger partial charge < -0.3 is 9.80 Å². The molecule has 0 bridgehead atoms. The molecule has 3 heteroatoms. The van der Waals surface area contributed by atoms with Crippen LogP contribution < -0.4 is 26.2 Å². The van der Waals surface area contributed by atoms with Crippen molar-refractivity contribution in [3.63, 3.8) is 0 Å². The first-order chi connectivity index (χ1) is 32.4. The molecule has 350 valence electrons. The smallest absolute Gasteiger partial charge is 0.252 e. The minimum atomic E-state index is -0.132. The molecule has 7 aromatic rings. The number of anilines is 6. The van der Waals surface area contributed by atoms with E-state index in [1.54, 1.807) is 0 Å². The molecule has 7 aromatic carbocycles. The maximum absolute atomic E-state index is 2.72. The van der Waals surface area contributed by atoms with Crippen LogP contribution in [0.5, 0.6) is 0 Å². The largest absolute Gasteiger partial charge is 0.311 e. The second kappa shape index (κ2) is 15.4. The van der Waals surface area contributed by atoms with Crippen LogP contribution in [0.2, 0.25) is 0 Å². The Balaban J connectivity index is 1.29. The number of rotatable bonds is 4. The Labute approximate surface area is 415 Å². The van der Waals surface area contributed by atoms with Crippen LogP contribution in [0.25, 0.3) is 22.3 Å². The quantitative estimate of drug-likeness (QED) is 0.162. The van der Waals surface area contributed by atoms with Crippen LogP contribution in [0.3, 0.4) is 0 Å². The summed E-state index contributed by atoms with van der Waals surface area (Å²) in [6, 6.07) is 54.9. The summed E-state index contributed by atoms with van der Waals surface area (Å²) >= 11 is 0. The van der Waals surface area contributed by atoms with Gasteiger partial charge in [0.1, 0.15) is 0 Å². The predicted octanol–water partition coefficient (Wildman–Crippen LogP) is 16.4. The van der Waals surface area contributed by atoms with Crippen LogP contribution in [0.1, 0.15) is 156 Å². The Kier molecular flexibility index (Phi) is 10.2. The fraction of sp³-hybridized carbons (Fsp3) is 0.364. The van der Waals surface area contributed by atoms with Gasteiger partial charge in [0.2, 0.25) is 0 Å². The van der Waals surface area contributed by atoms with Crippen molar-refractivity contribution in [2.24, 2.45) is 0 Å². The molecule has 11 rings (SSSR count). The van der Waals surface area contributed by atoms with Crippen molar-refractivity contribution in [3.8, 4) is 22.3 Å². The predicted molar refractivity (Wildman–Crippen MR) is 299 cm³/mol. The third kappa shape index (κ3) is 7.35. The molecule has 2 nitrogen and oxygen atoms in total. The SMILES string of the molecule is CC(C)(C)c1ccc(N2c3cc(-c4ccccc4)ccc3B3c4cc5c(cc4N(c4ccc6c(c4)C(C)(C)CCC6(C)C)c4cc(C(C)(C)C)cc2c43)C(C)(C)CCC5(C)C)c(-c2ccccc2)c1. The zero-order chi connectivity index (χ0) is 48.8. The van der Waals surface area contributed by atoms with Gasteiger partial charge in [0, 0.05) is 34.0 Å². The molecule has 2 aliphatic carbocycles. The van der Waals surface area contributed by atoms with E-state index in [9.17, 15) is 0 Å². The van der Waals surface area contributed by atoms with Crippen LogP contribution >= 0.6 is 0 Å². The molecular formula is C66H73BN2. The van der Waals surface area contributed by atoms with Crippen molar-refractivity contribution in [2.75, 3.05) is 9.80 Å². The van der Waals surface area contributed by atoms with E-state index in [2.05, 4.69) is 246 Å². The van der Waals surface area contributed by atoms with E-state index < -0.39 is 0 Å². The van der Waals surface area contributed by atoms with Crippen molar-refractivity contribution in [2.45, 2.75) is 155 Å². The van der Waals surface area contributed by atoms with Crippen molar-refractivity contribution < 1.29 is 0 Å². The monoisotopic (exact) mass is 905 g/mol. The first kappa shape index (κ1) is 45.6. The molecule has 0 spiro atoms. The molecule has 0 saturated heterocycles. The Bertz CT molecular complexity index is 3190. The number of nitrogens with zero attached hydrogens (tertiary/aromatic N) is 2. The van der Waals surface area contributed by atoms with Crippen molar-refractivity contribution in [1.82, 2.24) is 0 Å². The number of hydrogen-bond acceptors (Lipinski definition) is 2. The maximum atomic E-state index is 2.72. The highest BCUT2D eigenvalue weighted by molar-refractivity contribution is 7.00. The summed E-state index contributed by atoms with van der Waals surface area (Å²) in [5, 5.41) is 0. The van der Waals surface area contributed by atoms with Gasteiger partial charge in [0.05, 0.1) is 5.69 Å². The first-order valence-corrected chi connectivity index (χ1v) is 26.0. The average Bonchev–Trinajstić information content (AvgIpc) is 3.31. The van der Waals surface area contributed by atoms with Gasteiger partial charge in [-0.3, -0.25) is 0 Å². The third-order valence-electron chi connectivity index (χ3n) is 17.3. The standard InChI is InChI=1S/C66H73BN2/c1-61(2,3)45-26-30-55(48(36-45)43-23-19-16-20-24-43)69-56-35-44(42-21-17-15-18-22-42)25-29-53(56)67-54-40-51-52(66(13,14)34-33-65(51,11)12)41-57(54)68(58-37-46(62(4,5)6)38-59(69)60(58)67)47-27-28-49-50(39-47)64(9,10)32-31-63(49,7)8/h15-30,35-41H,31-34H2,1-14H3. The summed E-state index contributed by atoms with van der Waals surface area (Å²) in [5.41, 5.74) is 25.5. The Hall–Kier alpha value is -5.80. The van der Waals surface area contributed by atoms with Gasteiger partial charge in [-0.1, -0.05) is 188 Å². The van der Waals surface area contributed by atoms with Gasteiger partial charge >= 0.3 is 0 Å². The average molecular weight is 905 g/mol.